The van der Waals surface area contributed by atoms with Crippen molar-refractivity contribution >= 4 is 0 Å². The van der Waals surface area contributed by atoms with Crippen molar-refractivity contribution in [1.82, 2.24) is 20.4 Å². The zero-order valence-electron chi connectivity index (χ0n) is 11.9. The van der Waals surface area contributed by atoms with Crippen LogP contribution in [-0.2, 0) is 12.0 Å². The molecule has 0 saturated carbocycles. The Balaban J connectivity index is 1.94. The molecule has 0 spiro atoms. The molecule has 0 aliphatic carbocycles. The quantitative estimate of drug-likeness (QED) is 0.884. The summed E-state index contributed by atoms with van der Waals surface area (Å²) >= 11 is 0. The smallest absolute Gasteiger partial charge is 0.240 e. The maximum absolute atomic E-state index is 5.33. The highest BCUT2D eigenvalue weighted by atomic mass is 16.5. The van der Waals surface area contributed by atoms with Crippen molar-refractivity contribution in [1.29, 1.82) is 0 Å². The summed E-state index contributed by atoms with van der Waals surface area (Å²) in [6.07, 6.45) is 2.48. The van der Waals surface area contributed by atoms with Crippen LogP contribution < -0.4 is 5.32 Å². The number of likely N-dealkylation sites (N-methyl/N-ethyl adjacent to an activating group) is 1. The van der Waals surface area contributed by atoms with Crippen molar-refractivity contribution in [2.24, 2.45) is 0 Å². The van der Waals surface area contributed by atoms with Crippen LogP contribution in [0.1, 0.15) is 45.3 Å². The molecule has 5 heteroatoms. The van der Waals surface area contributed by atoms with Crippen molar-refractivity contribution < 1.29 is 4.52 Å². The molecule has 1 N–H and O–H groups in total. The Bertz CT molecular complexity index is 377. The standard InChI is InChI=1S/C13H24N4O/c1-13(2,3)12-15-11(18-16-12)9-17(4)10-6-5-7-14-8-10/h10,14H,5-9H2,1-4H3. The van der Waals surface area contributed by atoms with Gasteiger partial charge in [0.2, 0.25) is 5.89 Å². The normalized spacial score (nSPS) is 21.5. The molecule has 1 aromatic rings. The molecule has 1 saturated heterocycles. The zero-order valence-corrected chi connectivity index (χ0v) is 11.9. The molecule has 1 atom stereocenters. The highest BCUT2D eigenvalue weighted by molar-refractivity contribution is 5.00. The average Bonchev–Trinajstić information content (AvgIpc) is 2.78. The van der Waals surface area contributed by atoms with E-state index in [0.29, 0.717) is 11.9 Å². The third-order valence-corrected chi connectivity index (χ3v) is 3.42. The fourth-order valence-corrected chi connectivity index (χ4v) is 2.18. The molecule has 102 valence electrons. The predicted molar refractivity (Wildman–Crippen MR) is 70.4 cm³/mol. The Morgan fingerprint density at radius 3 is 2.78 bits per heavy atom. The van der Waals surface area contributed by atoms with Crippen molar-refractivity contribution in [3.05, 3.63) is 11.7 Å². The van der Waals surface area contributed by atoms with Gasteiger partial charge in [-0.2, -0.15) is 4.98 Å². The minimum Gasteiger partial charge on any atom is -0.338 e. The minimum atomic E-state index is -0.0489. The number of piperidine rings is 1. The molecule has 0 radical (unpaired) electrons. The highest BCUT2D eigenvalue weighted by Gasteiger charge is 2.23. The highest BCUT2D eigenvalue weighted by Crippen LogP contribution is 2.19. The lowest BCUT2D eigenvalue weighted by atomic mass is 9.96. The Hall–Kier alpha value is -0.940. The van der Waals surface area contributed by atoms with Gasteiger partial charge in [-0.1, -0.05) is 25.9 Å². The fraction of sp³-hybridized carbons (Fsp3) is 0.846. The molecule has 1 aliphatic rings. The molecular weight excluding hydrogens is 228 g/mol. The van der Waals surface area contributed by atoms with E-state index in [-0.39, 0.29) is 5.41 Å². The monoisotopic (exact) mass is 252 g/mol. The van der Waals surface area contributed by atoms with Crippen molar-refractivity contribution in [2.75, 3.05) is 20.1 Å². The van der Waals surface area contributed by atoms with Crippen LogP contribution in [0.3, 0.4) is 0 Å². The van der Waals surface area contributed by atoms with E-state index >= 15 is 0 Å². The molecule has 5 nitrogen and oxygen atoms in total. The average molecular weight is 252 g/mol. The first-order valence-electron chi connectivity index (χ1n) is 6.71. The third-order valence-electron chi connectivity index (χ3n) is 3.42. The molecule has 1 aliphatic heterocycles. The molecule has 0 amide bonds. The van der Waals surface area contributed by atoms with E-state index in [1.165, 1.54) is 12.8 Å². The van der Waals surface area contributed by atoms with Gasteiger partial charge in [0, 0.05) is 18.0 Å². The SMILES string of the molecule is CN(Cc1nc(C(C)(C)C)no1)C1CCCNC1. The van der Waals surface area contributed by atoms with Gasteiger partial charge in [0.1, 0.15) is 0 Å². The zero-order chi connectivity index (χ0) is 13.2. The Morgan fingerprint density at radius 2 is 2.22 bits per heavy atom. The molecule has 0 bridgehead atoms. The van der Waals surface area contributed by atoms with Gasteiger partial charge >= 0.3 is 0 Å². The second-order valence-electron chi connectivity index (χ2n) is 6.18. The van der Waals surface area contributed by atoms with Crippen LogP contribution >= 0.6 is 0 Å². The first-order chi connectivity index (χ1) is 8.47. The van der Waals surface area contributed by atoms with Crippen LogP contribution in [0.4, 0.5) is 0 Å². The molecule has 1 aromatic heterocycles. The van der Waals surface area contributed by atoms with E-state index in [2.05, 4.69) is 48.2 Å². The summed E-state index contributed by atoms with van der Waals surface area (Å²) in [5.74, 6) is 1.50. The molecule has 1 unspecified atom stereocenters. The lowest BCUT2D eigenvalue weighted by Gasteiger charge is -2.30. The summed E-state index contributed by atoms with van der Waals surface area (Å²) in [4.78, 5) is 6.77. The summed E-state index contributed by atoms with van der Waals surface area (Å²) in [5.41, 5.74) is -0.0489. The second kappa shape index (κ2) is 5.36. The molecule has 18 heavy (non-hydrogen) atoms. The van der Waals surface area contributed by atoms with E-state index < -0.39 is 0 Å². The maximum atomic E-state index is 5.33. The van der Waals surface area contributed by atoms with Crippen molar-refractivity contribution in [3.8, 4) is 0 Å². The second-order valence-corrected chi connectivity index (χ2v) is 6.18. The molecule has 2 heterocycles. The predicted octanol–water partition coefficient (Wildman–Crippen LogP) is 1.55. The van der Waals surface area contributed by atoms with Gasteiger partial charge in [0.15, 0.2) is 5.82 Å². The molecule has 0 aromatic carbocycles. The van der Waals surface area contributed by atoms with Crippen LogP contribution in [0.15, 0.2) is 4.52 Å². The summed E-state index contributed by atoms with van der Waals surface area (Å²) in [5, 5.41) is 7.48. The van der Waals surface area contributed by atoms with Crippen LogP contribution in [0.25, 0.3) is 0 Å². The van der Waals surface area contributed by atoms with Crippen molar-refractivity contribution in [3.63, 3.8) is 0 Å². The van der Waals surface area contributed by atoms with Crippen LogP contribution in [0.5, 0.6) is 0 Å². The Kier molecular flexibility index (Phi) is 4.02. The first kappa shape index (κ1) is 13.5. The summed E-state index contributed by atoms with van der Waals surface area (Å²) in [6.45, 7) is 9.20. The van der Waals surface area contributed by atoms with Gasteiger partial charge in [-0.05, 0) is 26.4 Å². The lowest BCUT2D eigenvalue weighted by molar-refractivity contribution is 0.174. The number of hydrogen-bond donors (Lipinski definition) is 1. The Morgan fingerprint density at radius 1 is 1.44 bits per heavy atom. The largest absolute Gasteiger partial charge is 0.338 e. The summed E-state index contributed by atoms with van der Waals surface area (Å²) in [6, 6.07) is 0.573. The molecule has 1 fully saturated rings. The number of nitrogens with zero attached hydrogens (tertiary/aromatic N) is 3. The fourth-order valence-electron chi connectivity index (χ4n) is 2.18. The number of nitrogens with one attached hydrogen (secondary N) is 1. The number of rotatable bonds is 3. The topological polar surface area (TPSA) is 54.2 Å². The maximum Gasteiger partial charge on any atom is 0.240 e. The van der Waals surface area contributed by atoms with E-state index in [1.54, 1.807) is 0 Å². The minimum absolute atomic E-state index is 0.0489. The van der Waals surface area contributed by atoms with E-state index in [9.17, 15) is 0 Å². The van der Waals surface area contributed by atoms with Gasteiger partial charge in [-0.3, -0.25) is 4.90 Å². The first-order valence-corrected chi connectivity index (χ1v) is 6.71. The van der Waals surface area contributed by atoms with Gasteiger partial charge in [0.05, 0.1) is 6.54 Å². The lowest BCUT2D eigenvalue weighted by Crippen LogP contribution is -2.43. The summed E-state index contributed by atoms with van der Waals surface area (Å²) in [7, 11) is 2.12. The number of aromatic nitrogens is 2. The van der Waals surface area contributed by atoms with Gasteiger partial charge < -0.3 is 9.84 Å². The van der Waals surface area contributed by atoms with E-state index in [4.69, 9.17) is 4.52 Å². The summed E-state index contributed by atoms with van der Waals surface area (Å²) < 4.78 is 5.33. The van der Waals surface area contributed by atoms with Gasteiger partial charge in [-0.15, -0.1) is 0 Å². The van der Waals surface area contributed by atoms with E-state index in [1.807, 2.05) is 0 Å². The van der Waals surface area contributed by atoms with Gasteiger partial charge in [0.25, 0.3) is 0 Å². The molecular formula is C13H24N4O. The van der Waals surface area contributed by atoms with Crippen LogP contribution in [-0.4, -0.2) is 41.2 Å². The number of hydrogen-bond acceptors (Lipinski definition) is 5. The Labute approximate surface area is 109 Å². The van der Waals surface area contributed by atoms with Crippen molar-refractivity contribution in [2.45, 2.75) is 51.6 Å². The van der Waals surface area contributed by atoms with Crippen LogP contribution in [0, 0.1) is 0 Å². The van der Waals surface area contributed by atoms with E-state index in [0.717, 1.165) is 25.5 Å². The van der Waals surface area contributed by atoms with Gasteiger partial charge in [-0.25, -0.2) is 0 Å². The molecule has 2 rings (SSSR count). The van der Waals surface area contributed by atoms with Crippen LogP contribution in [0.2, 0.25) is 0 Å². The third kappa shape index (κ3) is 3.29.